The van der Waals surface area contributed by atoms with Crippen LogP contribution in [0.4, 0.5) is 4.39 Å². The van der Waals surface area contributed by atoms with Gasteiger partial charge in [0.25, 0.3) is 10.0 Å². The Morgan fingerprint density at radius 1 is 1.17 bits per heavy atom. The van der Waals surface area contributed by atoms with Gasteiger partial charge in [-0.15, -0.1) is 0 Å². The Morgan fingerprint density at radius 3 is 2.66 bits per heavy atom. The van der Waals surface area contributed by atoms with Crippen molar-refractivity contribution < 1.29 is 31.9 Å². The van der Waals surface area contributed by atoms with Crippen LogP contribution in [0.15, 0.2) is 52.4 Å². The third-order valence-electron chi connectivity index (χ3n) is 4.09. The quantitative estimate of drug-likeness (QED) is 0.539. The number of ether oxygens (including phenoxy) is 2. The molecule has 1 aliphatic heterocycles. The lowest BCUT2D eigenvalue weighted by atomic mass is 10.1. The van der Waals surface area contributed by atoms with Crippen molar-refractivity contribution in [3.63, 3.8) is 0 Å². The average molecular weight is 420 g/mol. The number of hydrogen-bond donors (Lipinski definition) is 1. The smallest absolute Gasteiger partial charge is 0.308 e. The summed E-state index contributed by atoms with van der Waals surface area (Å²) >= 11 is 0. The van der Waals surface area contributed by atoms with Gasteiger partial charge >= 0.3 is 5.97 Å². The molecule has 152 valence electrons. The molecule has 0 spiro atoms. The molecule has 3 rings (SSSR count). The largest absolute Gasteiger partial charge is 0.494 e. The second-order valence-corrected chi connectivity index (χ2v) is 7.67. The minimum absolute atomic E-state index is 0.00164. The molecule has 0 bridgehead atoms. The minimum Gasteiger partial charge on any atom is -0.494 e. The highest BCUT2D eigenvalue weighted by atomic mass is 32.2. The van der Waals surface area contributed by atoms with Crippen molar-refractivity contribution in [2.45, 2.75) is 11.3 Å². The number of halogens is 1. The lowest BCUT2D eigenvalue weighted by molar-refractivity contribution is -0.142. The number of methoxy groups -OCH3 is 1. The fourth-order valence-electron chi connectivity index (χ4n) is 2.65. The predicted molar refractivity (Wildman–Crippen MR) is 101 cm³/mol. The fourth-order valence-corrected chi connectivity index (χ4v) is 3.90. The maximum absolute atomic E-state index is 13.6. The van der Waals surface area contributed by atoms with E-state index in [-0.39, 0.29) is 35.0 Å². The molecule has 0 aromatic heterocycles. The van der Waals surface area contributed by atoms with Gasteiger partial charge in [0.15, 0.2) is 24.0 Å². The number of esters is 1. The average Bonchev–Trinajstić information content (AvgIpc) is 2.96. The fraction of sp³-hybridized carbons (Fsp3) is 0.211. The molecule has 10 heteroatoms. The zero-order valence-corrected chi connectivity index (χ0v) is 16.2. The van der Waals surface area contributed by atoms with Crippen LogP contribution >= 0.6 is 0 Å². The van der Waals surface area contributed by atoms with Crippen molar-refractivity contribution in [2.75, 3.05) is 20.3 Å². The standard InChI is InChI=1S/C19H17FN2O6S/c1-27-16-7-6-12(10-14(16)20)15(23)11-28-18(24)8-9-21-19-13-4-2-3-5-17(13)29(25,26)22-19/h2-7,10H,8-9,11H2,1H3,(H,21,22). The van der Waals surface area contributed by atoms with Gasteiger partial charge in [-0.3, -0.25) is 19.3 Å². The van der Waals surface area contributed by atoms with Gasteiger partial charge in [0.2, 0.25) is 0 Å². The summed E-state index contributed by atoms with van der Waals surface area (Å²) in [6, 6.07) is 10.0. The number of hydrogen-bond acceptors (Lipinski definition) is 7. The van der Waals surface area contributed by atoms with Gasteiger partial charge in [0, 0.05) is 11.1 Å². The first-order valence-corrected chi connectivity index (χ1v) is 9.99. The molecule has 0 saturated heterocycles. The van der Waals surface area contributed by atoms with Gasteiger partial charge in [-0.1, -0.05) is 12.1 Å². The molecule has 29 heavy (non-hydrogen) atoms. The maximum atomic E-state index is 13.6. The van der Waals surface area contributed by atoms with E-state index in [1.165, 1.54) is 25.3 Å². The molecule has 0 unspecified atom stereocenters. The van der Waals surface area contributed by atoms with E-state index in [2.05, 4.69) is 9.71 Å². The first-order chi connectivity index (χ1) is 13.8. The summed E-state index contributed by atoms with van der Waals surface area (Å²) in [7, 11) is -2.34. The van der Waals surface area contributed by atoms with Crippen LogP contribution in [-0.2, 0) is 19.6 Å². The SMILES string of the molecule is COc1ccc(C(=O)COC(=O)CCN=C2NS(=O)(=O)c3ccccc32)cc1F. The second kappa shape index (κ2) is 8.39. The van der Waals surface area contributed by atoms with Crippen LogP contribution in [0.5, 0.6) is 5.75 Å². The zero-order valence-electron chi connectivity index (χ0n) is 15.3. The van der Waals surface area contributed by atoms with Gasteiger partial charge in [-0.05, 0) is 30.3 Å². The van der Waals surface area contributed by atoms with Gasteiger partial charge in [0.05, 0.1) is 25.0 Å². The molecule has 0 fully saturated rings. The second-order valence-electron chi connectivity index (χ2n) is 6.02. The number of nitrogens with one attached hydrogen (secondary N) is 1. The van der Waals surface area contributed by atoms with E-state index in [9.17, 15) is 22.4 Å². The Bertz CT molecular complexity index is 1100. The lowest BCUT2D eigenvalue weighted by Gasteiger charge is -2.06. The Balaban J connectivity index is 1.53. The molecule has 1 aliphatic rings. The van der Waals surface area contributed by atoms with E-state index in [4.69, 9.17) is 9.47 Å². The highest BCUT2D eigenvalue weighted by Crippen LogP contribution is 2.22. The topological polar surface area (TPSA) is 111 Å². The Hall–Kier alpha value is -3.27. The van der Waals surface area contributed by atoms with Crippen LogP contribution in [-0.4, -0.2) is 46.3 Å². The lowest BCUT2D eigenvalue weighted by Crippen LogP contribution is -2.22. The van der Waals surface area contributed by atoms with E-state index in [0.29, 0.717) is 5.56 Å². The molecule has 0 saturated carbocycles. The number of benzene rings is 2. The first kappa shape index (κ1) is 20.5. The molecule has 0 atom stereocenters. The molecule has 0 amide bonds. The summed E-state index contributed by atoms with van der Waals surface area (Å²) in [4.78, 5) is 28.0. The van der Waals surface area contributed by atoms with Crippen LogP contribution < -0.4 is 9.46 Å². The van der Waals surface area contributed by atoms with Crippen LogP contribution in [0.3, 0.4) is 0 Å². The minimum atomic E-state index is -3.65. The first-order valence-electron chi connectivity index (χ1n) is 8.51. The number of nitrogens with zero attached hydrogens (tertiary/aromatic N) is 1. The number of carbonyl (C=O) groups excluding carboxylic acids is 2. The third kappa shape index (κ3) is 4.60. The maximum Gasteiger partial charge on any atom is 0.308 e. The molecule has 0 aliphatic carbocycles. The molecular formula is C19H17FN2O6S. The predicted octanol–water partition coefficient (Wildman–Crippen LogP) is 1.69. The zero-order chi connectivity index (χ0) is 21.0. The summed E-state index contributed by atoms with van der Waals surface area (Å²) in [5, 5.41) is 0. The van der Waals surface area contributed by atoms with Crippen molar-refractivity contribution in [1.82, 2.24) is 4.72 Å². The van der Waals surface area contributed by atoms with E-state index in [0.717, 1.165) is 6.07 Å². The number of carbonyl (C=O) groups is 2. The molecule has 0 radical (unpaired) electrons. The van der Waals surface area contributed by atoms with Crippen LogP contribution in [0.1, 0.15) is 22.3 Å². The summed E-state index contributed by atoms with van der Waals surface area (Å²) in [6.07, 6.45) is -0.155. The van der Waals surface area contributed by atoms with Crippen molar-refractivity contribution in [3.05, 3.63) is 59.4 Å². The highest BCUT2D eigenvalue weighted by molar-refractivity contribution is 7.90. The van der Waals surface area contributed by atoms with E-state index in [1.54, 1.807) is 18.2 Å². The molecule has 1 heterocycles. The molecule has 2 aromatic rings. The summed E-state index contributed by atoms with van der Waals surface area (Å²) < 4.78 is 49.6. The van der Waals surface area contributed by atoms with Gasteiger partial charge in [-0.25, -0.2) is 12.8 Å². The van der Waals surface area contributed by atoms with Crippen molar-refractivity contribution >= 4 is 27.6 Å². The number of sulfonamides is 1. The number of aliphatic imine (C=N–C) groups is 1. The van der Waals surface area contributed by atoms with Crippen LogP contribution in [0, 0.1) is 5.82 Å². The Morgan fingerprint density at radius 2 is 1.93 bits per heavy atom. The normalized spacial score (nSPS) is 15.4. The molecular weight excluding hydrogens is 403 g/mol. The van der Waals surface area contributed by atoms with Gasteiger partial charge in [-0.2, -0.15) is 0 Å². The van der Waals surface area contributed by atoms with Gasteiger partial charge in [0.1, 0.15) is 5.84 Å². The van der Waals surface area contributed by atoms with Crippen molar-refractivity contribution in [2.24, 2.45) is 4.99 Å². The van der Waals surface area contributed by atoms with Crippen molar-refractivity contribution in [3.8, 4) is 5.75 Å². The number of rotatable bonds is 7. The molecule has 2 aromatic carbocycles. The van der Waals surface area contributed by atoms with Crippen LogP contribution in [0.2, 0.25) is 0 Å². The third-order valence-corrected chi connectivity index (χ3v) is 5.48. The Labute approximate surface area is 166 Å². The number of Topliss-reactive ketones (excluding diaryl/α,β-unsaturated/α-hetero) is 1. The van der Waals surface area contributed by atoms with Gasteiger partial charge < -0.3 is 9.47 Å². The number of amidine groups is 1. The molecule has 8 nitrogen and oxygen atoms in total. The van der Waals surface area contributed by atoms with E-state index in [1.807, 2.05) is 0 Å². The highest BCUT2D eigenvalue weighted by Gasteiger charge is 2.29. The Kier molecular flexibility index (Phi) is 5.92. The summed E-state index contributed by atoms with van der Waals surface area (Å²) in [6.45, 7) is -0.576. The van der Waals surface area contributed by atoms with E-state index >= 15 is 0 Å². The summed E-state index contributed by atoms with van der Waals surface area (Å²) in [5.41, 5.74) is 0.478. The summed E-state index contributed by atoms with van der Waals surface area (Å²) in [5.74, 6) is -1.80. The monoisotopic (exact) mass is 420 g/mol. The van der Waals surface area contributed by atoms with Crippen molar-refractivity contribution in [1.29, 1.82) is 0 Å². The number of fused-ring (bicyclic) bond motifs is 1. The number of ketones is 1. The van der Waals surface area contributed by atoms with Crippen LogP contribution in [0.25, 0.3) is 0 Å². The van der Waals surface area contributed by atoms with E-state index < -0.39 is 34.2 Å². The molecule has 1 N–H and O–H groups in total.